The minimum Gasteiger partial charge on any atom is -0.454 e. The molecule has 0 aliphatic carbocycles. The van der Waals surface area contributed by atoms with E-state index in [1.54, 1.807) is 0 Å². The third-order valence-electron chi connectivity index (χ3n) is 3.52. The van der Waals surface area contributed by atoms with E-state index in [0.717, 1.165) is 19.3 Å². The van der Waals surface area contributed by atoms with E-state index in [9.17, 15) is 14.4 Å². The summed E-state index contributed by atoms with van der Waals surface area (Å²) < 4.78 is 4.94. The van der Waals surface area contributed by atoms with E-state index in [0.29, 0.717) is 6.42 Å². The Hall–Kier alpha value is -1.19. The van der Waals surface area contributed by atoms with Crippen LogP contribution < -0.4 is 0 Å². The summed E-state index contributed by atoms with van der Waals surface area (Å²) in [6.07, 6.45) is 10.2. The molecule has 0 aliphatic rings. The highest BCUT2D eigenvalue weighted by atomic mass is 16.5. The van der Waals surface area contributed by atoms with Gasteiger partial charge in [0.2, 0.25) is 5.78 Å². The molecule has 1 unspecified atom stereocenters. The van der Waals surface area contributed by atoms with Gasteiger partial charge in [-0.1, -0.05) is 58.3 Å². The first-order chi connectivity index (χ1) is 9.99. The Labute approximate surface area is 128 Å². The Balaban J connectivity index is 3.76. The fourth-order valence-corrected chi connectivity index (χ4v) is 2.31. The minimum atomic E-state index is -0.885. The van der Waals surface area contributed by atoms with Gasteiger partial charge in [0.15, 0.2) is 11.9 Å². The van der Waals surface area contributed by atoms with Gasteiger partial charge < -0.3 is 4.74 Å². The normalized spacial score (nSPS) is 12.0. The molecule has 21 heavy (non-hydrogen) atoms. The summed E-state index contributed by atoms with van der Waals surface area (Å²) in [5.41, 5.74) is 0. The van der Waals surface area contributed by atoms with Crippen LogP contribution in [-0.2, 0) is 19.1 Å². The van der Waals surface area contributed by atoms with Crippen molar-refractivity contribution in [1.82, 2.24) is 0 Å². The van der Waals surface area contributed by atoms with Crippen LogP contribution in [0.3, 0.4) is 0 Å². The van der Waals surface area contributed by atoms with Crippen molar-refractivity contribution in [2.45, 2.75) is 91.1 Å². The van der Waals surface area contributed by atoms with Crippen LogP contribution in [0.2, 0.25) is 0 Å². The zero-order valence-electron chi connectivity index (χ0n) is 13.8. The molecule has 0 aliphatic heterocycles. The molecule has 0 amide bonds. The molecule has 0 saturated heterocycles. The Kier molecular flexibility index (Phi) is 11.8. The van der Waals surface area contributed by atoms with Crippen molar-refractivity contribution in [3.63, 3.8) is 0 Å². The molecule has 0 rings (SSSR count). The zero-order chi connectivity index (χ0) is 16.1. The van der Waals surface area contributed by atoms with Gasteiger partial charge in [0.25, 0.3) is 0 Å². The number of hydrogen-bond donors (Lipinski definition) is 0. The molecule has 0 radical (unpaired) electrons. The highest BCUT2D eigenvalue weighted by Gasteiger charge is 2.24. The Morgan fingerprint density at radius 3 is 1.71 bits per heavy atom. The van der Waals surface area contributed by atoms with Crippen LogP contribution in [0.5, 0.6) is 0 Å². The zero-order valence-corrected chi connectivity index (χ0v) is 13.8. The van der Waals surface area contributed by atoms with E-state index in [-0.39, 0.29) is 0 Å². The number of Topliss-reactive ketones (excluding diaryl/α,β-unsaturated/α-hetero) is 2. The van der Waals surface area contributed by atoms with Crippen molar-refractivity contribution in [1.29, 1.82) is 0 Å². The van der Waals surface area contributed by atoms with Gasteiger partial charge in [-0.15, -0.1) is 0 Å². The molecule has 0 aromatic heterocycles. The fourth-order valence-electron chi connectivity index (χ4n) is 2.31. The largest absolute Gasteiger partial charge is 0.454 e. The van der Waals surface area contributed by atoms with E-state index < -0.39 is 23.6 Å². The Bertz CT molecular complexity index is 323. The van der Waals surface area contributed by atoms with E-state index >= 15 is 0 Å². The minimum absolute atomic E-state index is 0.452. The SMILES string of the molecule is CCCCCCCCCCCC(OC(C)=O)C(=O)C(C)=O. The third kappa shape index (κ3) is 11.2. The number of hydrogen-bond acceptors (Lipinski definition) is 4. The lowest BCUT2D eigenvalue weighted by Crippen LogP contribution is -2.31. The van der Waals surface area contributed by atoms with Crippen LogP contribution in [0.25, 0.3) is 0 Å². The van der Waals surface area contributed by atoms with Crippen LogP contribution in [-0.4, -0.2) is 23.6 Å². The summed E-state index contributed by atoms with van der Waals surface area (Å²) in [6.45, 7) is 4.69. The predicted molar refractivity (Wildman–Crippen MR) is 83.1 cm³/mol. The van der Waals surface area contributed by atoms with Gasteiger partial charge in [-0.25, -0.2) is 0 Å². The number of carbonyl (C=O) groups excluding carboxylic acids is 3. The molecule has 0 aromatic carbocycles. The molecule has 0 spiro atoms. The summed E-state index contributed by atoms with van der Waals surface area (Å²) >= 11 is 0. The molecular weight excluding hydrogens is 268 g/mol. The second-order valence-electron chi connectivity index (χ2n) is 5.64. The Morgan fingerprint density at radius 1 is 0.810 bits per heavy atom. The van der Waals surface area contributed by atoms with Gasteiger partial charge in [-0.2, -0.15) is 0 Å². The van der Waals surface area contributed by atoms with Crippen molar-refractivity contribution in [2.24, 2.45) is 0 Å². The van der Waals surface area contributed by atoms with Gasteiger partial charge in [0.05, 0.1) is 0 Å². The monoisotopic (exact) mass is 298 g/mol. The van der Waals surface area contributed by atoms with Gasteiger partial charge >= 0.3 is 5.97 Å². The standard InChI is InChI=1S/C17H30O4/c1-4-5-6-7-8-9-10-11-12-13-16(21-15(3)19)17(20)14(2)18/h16H,4-13H2,1-3H3. The van der Waals surface area contributed by atoms with E-state index in [2.05, 4.69) is 6.92 Å². The number of ketones is 2. The number of ether oxygens (including phenoxy) is 1. The van der Waals surface area contributed by atoms with Gasteiger partial charge in [0, 0.05) is 13.8 Å². The lowest BCUT2D eigenvalue weighted by atomic mass is 10.0. The topological polar surface area (TPSA) is 60.4 Å². The molecule has 0 aromatic rings. The maximum atomic E-state index is 11.6. The summed E-state index contributed by atoms with van der Waals surface area (Å²) in [5, 5.41) is 0. The van der Waals surface area contributed by atoms with E-state index in [1.165, 1.54) is 52.4 Å². The van der Waals surface area contributed by atoms with E-state index in [1.807, 2.05) is 0 Å². The maximum Gasteiger partial charge on any atom is 0.303 e. The molecule has 4 heteroatoms. The van der Waals surface area contributed by atoms with Gasteiger partial charge in [0.1, 0.15) is 0 Å². The molecule has 0 heterocycles. The van der Waals surface area contributed by atoms with Crippen molar-refractivity contribution >= 4 is 17.5 Å². The number of carbonyl (C=O) groups is 3. The molecule has 122 valence electrons. The quantitative estimate of drug-likeness (QED) is 0.293. The van der Waals surface area contributed by atoms with Crippen LogP contribution in [0.4, 0.5) is 0 Å². The maximum absolute atomic E-state index is 11.6. The lowest BCUT2D eigenvalue weighted by molar-refractivity contribution is -0.155. The first-order valence-corrected chi connectivity index (χ1v) is 8.21. The molecule has 1 atom stereocenters. The first kappa shape index (κ1) is 19.8. The van der Waals surface area contributed by atoms with Gasteiger partial charge in [-0.3, -0.25) is 14.4 Å². The molecule has 0 saturated carbocycles. The summed E-state index contributed by atoms with van der Waals surface area (Å²) in [7, 11) is 0. The smallest absolute Gasteiger partial charge is 0.303 e. The van der Waals surface area contributed by atoms with E-state index in [4.69, 9.17) is 4.74 Å². The van der Waals surface area contributed by atoms with Gasteiger partial charge in [-0.05, 0) is 12.8 Å². The lowest BCUT2D eigenvalue weighted by Gasteiger charge is -2.14. The molecule has 0 bridgehead atoms. The fraction of sp³-hybridized carbons (Fsp3) is 0.824. The van der Waals surface area contributed by atoms with Crippen molar-refractivity contribution < 1.29 is 19.1 Å². The van der Waals surface area contributed by atoms with Crippen molar-refractivity contribution in [2.75, 3.05) is 0 Å². The molecule has 4 nitrogen and oxygen atoms in total. The molecular formula is C17H30O4. The average molecular weight is 298 g/mol. The average Bonchev–Trinajstić information content (AvgIpc) is 2.43. The van der Waals surface area contributed by atoms with Crippen molar-refractivity contribution in [3.8, 4) is 0 Å². The first-order valence-electron chi connectivity index (χ1n) is 8.21. The van der Waals surface area contributed by atoms with Crippen molar-refractivity contribution in [3.05, 3.63) is 0 Å². The highest BCUT2D eigenvalue weighted by Crippen LogP contribution is 2.13. The Morgan fingerprint density at radius 2 is 1.29 bits per heavy atom. The highest BCUT2D eigenvalue weighted by molar-refractivity contribution is 6.38. The van der Waals surface area contributed by atoms with Crippen LogP contribution >= 0.6 is 0 Å². The number of rotatable bonds is 13. The number of esters is 1. The summed E-state index contributed by atoms with van der Waals surface area (Å²) in [4.78, 5) is 33.7. The predicted octanol–water partition coefficient (Wildman–Crippen LogP) is 4.00. The second kappa shape index (κ2) is 12.5. The number of unbranched alkanes of at least 4 members (excludes halogenated alkanes) is 8. The van der Waals surface area contributed by atoms with Crippen LogP contribution in [0.15, 0.2) is 0 Å². The summed E-state index contributed by atoms with van der Waals surface area (Å²) in [6, 6.07) is 0. The third-order valence-corrected chi connectivity index (χ3v) is 3.52. The molecule has 0 fully saturated rings. The van der Waals surface area contributed by atoms with Crippen LogP contribution in [0, 0.1) is 0 Å². The molecule has 0 N–H and O–H groups in total. The second-order valence-corrected chi connectivity index (χ2v) is 5.64. The summed E-state index contributed by atoms with van der Waals surface area (Å²) in [5.74, 6) is -1.65. The van der Waals surface area contributed by atoms with Crippen LogP contribution in [0.1, 0.15) is 85.0 Å².